The summed E-state index contributed by atoms with van der Waals surface area (Å²) in [5.74, 6) is 1.69. The minimum atomic E-state index is 0.294. The minimum absolute atomic E-state index is 0.294. The maximum Gasteiger partial charge on any atom is 0.127 e. The molecule has 0 saturated heterocycles. The van der Waals surface area contributed by atoms with E-state index in [4.69, 9.17) is 16.3 Å². The van der Waals surface area contributed by atoms with Gasteiger partial charge >= 0.3 is 0 Å². The molecule has 1 aromatic carbocycles. The van der Waals surface area contributed by atoms with Gasteiger partial charge in [0.25, 0.3) is 0 Å². The lowest BCUT2D eigenvalue weighted by atomic mass is 9.81. The Labute approximate surface area is 121 Å². The van der Waals surface area contributed by atoms with Crippen LogP contribution >= 0.6 is 11.6 Å². The second-order valence-corrected chi connectivity index (χ2v) is 6.83. The van der Waals surface area contributed by atoms with E-state index in [-0.39, 0.29) is 0 Å². The average Bonchev–Trinajstić information content (AvgIpc) is 2.76. The van der Waals surface area contributed by atoms with Gasteiger partial charge in [-0.1, -0.05) is 39.3 Å². The highest BCUT2D eigenvalue weighted by atomic mass is 35.5. The first kappa shape index (κ1) is 14.7. The molecule has 0 aliphatic carbocycles. The highest BCUT2D eigenvalue weighted by Crippen LogP contribution is 2.33. The van der Waals surface area contributed by atoms with Crippen LogP contribution in [-0.4, -0.2) is 13.2 Å². The van der Waals surface area contributed by atoms with Crippen LogP contribution in [0.4, 0.5) is 0 Å². The van der Waals surface area contributed by atoms with Gasteiger partial charge in [0.05, 0.1) is 6.61 Å². The predicted octanol–water partition coefficient (Wildman–Crippen LogP) is 4.05. The molecule has 1 aliphatic heterocycles. The van der Waals surface area contributed by atoms with E-state index < -0.39 is 0 Å². The molecular formula is C16H24ClNO. The lowest BCUT2D eigenvalue weighted by molar-refractivity contribution is 0.237. The maximum atomic E-state index is 6.16. The molecule has 1 aliphatic rings. The number of fused-ring (bicyclic) bond motifs is 1. The summed E-state index contributed by atoms with van der Waals surface area (Å²) in [7, 11) is 0. The van der Waals surface area contributed by atoms with Gasteiger partial charge in [-0.05, 0) is 29.0 Å². The molecule has 106 valence electrons. The van der Waals surface area contributed by atoms with Crippen molar-refractivity contribution in [2.75, 3.05) is 13.2 Å². The lowest BCUT2D eigenvalue weighted by Gasteiger charge is -2.29. The zero-order chi connectivity index (χ0) is 14.0. The number of halogens is 1. The molecule has 1 heterocycles. The average molecular weight is 282 g/mol. The van der Waals surface area contributed by atoms with Crippen molar-refractivity contribution in [3.8, 4) is 5.75 Å². The van der Waals surface area contributed by atoms with E-state index in [0.29, 0.717) is 11.3 Å². The Morgan fingerprint density at radius 3 is 2.79 bits per heavy atom. The number of hydrogen-bond acceptors (Lipinski definition) is 2. The van der Waals surface area contributed by atoms with Crippen LogP contribution in [0.15, 0.2) is 12.1 Å². The van der Waals surface area contributed by atoms with Gasteiger partial charge in [0.2, 0.25) is 0 Å². The molecule has 2 nitrogen and oxygen atoms in total. The molecule has 0 unspecified atom stereocenters. The molecule has 0 saturated carbocycles. The zero-order valence-corrected chi connectivity index (χ0v) is 13.1. The second kappa shape index (κ2) is 5.72. The Morgan fingerprint density at radius 2 is 2.11 bits per heavy atom. The Morgan fingerprint density at radius 1 is 1.37 bits per heavy atom. The number of ether oxygens (including phenoxy) is 1. The molecule has 0 atom stereocenters. The highest BCUT2D eigenvalue weighted by molar-refractivity contribution is 6.30. The van der Waals surface area contributed by atoms with E-state index in [1.54, 1.807) is 0 Å². The number of benzene rings is 1. The summed E-state index contributed by atoms with van der Waals surface area (Å²) in [6, 6.07) is 4.03. The fourth-order valence-corrected chi connectivity index (χ4v) is 2.46. The normalized spacial score (nSPS) is 14.6. The molecule has 0 spiro atoms. The summed E-state index contributed by atoms with van der Waals surface area (Å²) in [5, 5.41) is 4.35. The minimum Gasteiger partial charge on any atom is -0.493 e. The fourth-order valence-electron chi connectivity index (χ4n) is 2.20. The Bertz CT molecular complexity index is 454. The van der Waals surface area contributed by atoms with Gasteiger partial charge in [0.15, 0.2) is 0 Å². The van der Waals surface area contributed by atoms with Gasteiger partial charge in [0.1, 0.15) is 5.75 Å². The molecule has 0 aromatic heterocycles. The van der Waals surface area contributed by atoms with Crippen molar-refractivity contribution >= 4 is 11.6 Å². The van der Waals surface area contributed by atoms with Crippen molar-refractivity contribution in [3.63, 3.8) is 0 Å². The molecule has 0 amide bonds. The monoisotopic (exact) mass is 281 g/mol. The molecule has 3 heteroatoms. The first-order chi connectivity index (χ1) is 8.90. The van der Waals surface area contributed by atoms with Gasteiger partial charge in [-0.15, -0.1) is 0 Å². The summed E-state index contributed by atoms with van der Waals surface area (Å²) >= 11 is 6.16. The summed E-state index contributed by atoms with van der Waals surface area (Å²) in [6.45, 7) is 11.7. The quantitative estimate of drug-likeness (QED) is 0.879. The van der Waals surface area contributed by atoms with Crippen molar-refractivity contribution in [1.82, 2.24) is 5.32 Å². The van der Waals surface area contributed by atoms with E-state index in [1.165, 1.54) is 11.1 Å². The van der Waals surface area contributed by atoms with Crippen LogP contribution in [0, 0.1) is 11.3 Å². The summed E-state index contributed by atoms with van der Waals surface area (Å²) in [5.41, 5.74) is 2.72. The fraction of sp³-hybridized carbons (Fsp3) is 0.625. The van der Waals surface area contributed by atoms with Crippen molar-refractivity contribution in [2.24, 2.45) is 11.3 Å². The third-order valence-corrected chi connectivity index (χ3v) is 4.50. The second-order valence-electron chi connectivity index (χ2n) is 6.40. The van der Waals surface area contributed by atoms with Crippen LogP contribution in [-0.2, 0) is 13.0 Å². The van der Waals surface area contributed by atoms with Gasteiger partial charge < -0.3 is 10.1 Å². The van der Waals surface area contributed by atoms with E-state index in [9.17, 15) is 0 Å². The van der Waals surface area contributed by atoms with Crippen molar-refractivity contribution in [3.05, 3.63) is 28.3 Å². The number of nitrogens with one attached hydrogen (secondary N) is 1. The molecule has 1 aromatic rings. The van der Waals surface area contributed by atoms with E-state index in [1.807, 2.05) is 12.1 Å². The van der Waals surface area contributed by atoms with Crippen molar-refractivity contribution in [1.29, 1.82) is 0 Å². The van der Waals surface area contributed by atoms with Crippen LogP contribution < -0.4 is 10.1 Å². The van der Waals surface area contributed by atoms with Crippen LogP contribution in [0.1, 0.15) is 38.8 Å². The van der Waals surface area contributed by atoms with Crippen LogP contribution in [0.5, 0.6) is 5.75 Å². The molecule has 0 fully saturated rings. The smallest absolute Gasteiger partial charge is 0.127 e. The molecule has 1 N–H and O–H groups in total. The van der Waals surface area contributed by atoms with Crippen LogP contribution in [0.25, 0.3) is 0 Å². The molecule has 0 radical (unpaired) electrons. The van der Waals surface area contributed by atoms with E-state index >= 15 is 0 Å². The Kier molecular flexibility index (Phi) is 4.42. The van der Waals surface area contributed by atoms with Gasteiger partial charge in [-0.2, -0.15) is 0 Å². The SMILES string of the molecule is CC(C)C(C)(C)CNCc1cc(Cl)cc2c1OCC2. The predicted molar refractivity (Wildman–Crippen MR) is 81.0 cm³/mol. The first-order valence-corrected chi connectivity index (χ1v) is 7.43. The highest BCUT2D eigenvalue weighted by Gasteiger charge is 2.22. The third kappa shape index (κ3) is 3.43. The van der Waals surface area contributed by atoms with Gasteiger partial charge in [-0.3, -0.25) is 0 Å². The molecule has 2 rings (SSSR count). The van der Waals surface area contributed by atoms with Gasteiger partial charge in [0, 0.05) is 30.1 Å². The van der Waals surface area contributed by atoms with Crippen molar-refractivity contribution < 1.29 is 4.74 Å². The zero-order valence-electron chi connectivity index (χ0n) is 12.3. The van der Waals surface area contributed by atoms with Crippen molar-refractivity contribution in [2.45, 2.75) is 40.7 Å². The number of rotatable bonds is 5. The Hall–Kier alpha value is -0.730. The molecule has 19 heavy (non-hydrogen) atoms. The van der Waals surface area contributed by atoms with E-state index in [0.717, 1.165) is 36.9 Å². The first-order valence-electron chi connectivity index (χ1n) is 7.05. The van der Waals surface area contributed by atoms with Crippen LogP contribution in [0.2, 0.25) is 5.02 Å². The topological polar surface area (TPSA) is 21.3 Å². The summed E-state index contributed by atoms with van der Waals surface area (Å²) < 4.78 is 5.72. The summed E-state index contributed by atoms with van der Waals surface area (Å²) in [6.07, 6.45) is 0.973. The maximum absolute atomic E-state index is 6.16. The molecular weight excluding hydrogens is 258 g/mol. The number of hydrogen-bond donors (Lipinski definition) is 1. The van der Waals surface area contributed by atoms with Crippen LogP contribution in [0.3, 0.4) is 0 Å². The lowest BCUT2D eigenvalue weighted by Crippen LogP contribution is -2.33. The summed E-state index contributed by atoms with van der Waals surface area (Å²) in [4.78, 5) is 0. The van der Waals surface area contributed by atoms with E-state index in [2.05, 4.69) is 33.0 Å². The molecule has 0 bridgehead atoms. The van der Waals surface area contributed by atoms with Gasteiger partial charge in [-0.25, -0.2) is 0 Å². The Balaban J connectivity index is 2.01. The third-order valence-electron chi connectivity index (χ3n) is 4.28. The largest absolute Gasteiger partial charge is 0.493 e. The standard InChI is InChI=1S/C16H24ClNO/c1-11(2)16(3,4)10-18-9-13-8-14(17)7-12-5-6-19-15(12)13/h7-8,11,18H,5-6,9-10H2,1-4H3.